The van der Waals surface area contributed by atoms with Gasteiger partial charge in [0.15, 0.2) is 0 Å². The normalized spacial score (nSPS) is 25.8. The van der Waals surface area contributed by atoms with Crippen molar-refractivity contribution in [2.45, 2.75) is 38.3 Å². The minimum atomic E-state index is 0.681. The van der Waals surface area contributed by atoms with Crippen molar-refractivity contribution in [3.8, 4) is 0 Å². The van der Waals surface area contributed by atoms with Gasteiger partial charge < -0.3 is 10.2 Å². The van der Waals surface area contributed by atoms with E-state index in [-0.39, 0.29) is 0 Å². The van der Waals surface area contributed by atoms with E-state index in [4.69, 9.17) is 0 Å². The third-order valence-corrected chi connectivity index (χ3v) is 3.96. The van der Waals surface area contributed by atoms with Gasteiger partial charge in [0, 0.05) is 17.8 Å². The molecule has 1 atom stereocenters. The van der Waals surface area contributed by atoms with Crippen molar-refractivity contribution in [3.63, 3.8) is 0 Å². The summed E-state index contributed by atoms with van der Waals surface area (Å²) in [7, 11) is 0. The Morgan fingerprint density at radius 1 is 1.19 bits per heavy atom. The average molecular weight is 216 g/mol. The van der Waals surface area contributed by atoms with Gasteiger partial charge in [-0.1, -0.05) is 18.2 Å². The number of piperidine rings is 1. The monoisotopic (exact) mass is 216 g/mol. The standard InChI is InChI=1S/C14H20N2/c1-11-10-12-4-2-3-5-14(12)16(11)13-6-8-15-9-7-13/h2-5,11,13,15H,6-10H2,1H3/t11-/m0/s1. The predicted molar refractivity (Wildman–Crippen MR) is 68.0 cm³/mol. The molecule has 16 heavy (non-hydrogen) atoms. The summed E-state index contributed by atoms with van der Waals surface area (Å²) in [6.07, 6.45) is 3.80. The van der Waals surface area contributed by atoms with Crippen LogP contribution in [0.5, 0.6) is 0 Å². The summed E-state index contributed by atoms with van der Waals surface area (Å²) in [6.45, 7) is 4.72. The van der Waals surface area contributed by atoms with Crippen LogP contribution in [0.4, 0.5) is 5.69 Å². The van der Waals surface area contributed by atoms with Crippen LogP contribution in [0.1, 0.15) is 25.3 Å². The van der Waals surface area contributed by atoms with Gasteiger partial charge in [0.25, 0.3) is 0 Å². The molecule has 0 bridgehead atoms. The molecule has 0 saturated carbocycles. The predicted octanol–water partition coefficient (Wildman–Crippen LogP) is 2.19. The second-order valence-corrected chi connectivity index (χ2v) is 5.07. The molecule has 0 amide bonds. The molecule has 0 aliphatic carbocycles. The number of nitrogens with zero attached hydrogens (tertiary/aromatic N) is 1. The van der Waals surface area contributed by atoms with Crippen LogP contribution in [0.3, 0.4) is 0 Å². The Kier molecular flexibility index (Phi) is 2.60. The molecular weight excluding hydrogens is 196 g/mol. The van der Waals surface area contributed by atoms with Gasteiger partial charge in [-0.25, -0.2) is 0 Å². The van der Waals surface area contributed by atoms with E-state index in [2.05, 4.69) is 41.4 Å². The van der Waals surface area contributed by atoms with E-state index < -0.39 is 0 Å². The lowest BCUT2D eigenvalue weighted by atomic mass is 10.0. The summed E-state index contributed by atoms with van der Waals surface area (Å²) in [5, 5.41) is 3.45. The summed E-state index contributed by atoms with van der Waals surface area (Å²) in [5.41, 5.74) is 3.02. The first kappa shape index (κ1) is 10.2. The molecule has 1 aromatic rings. The number of hydrogen-bond acceptors (Lipinski definition) is 2. The number of fused-ring (bicyclic) bond motifs is 1. The number of para-hydroxylation sites is 1. The number of nitrogens with one attached hydrogen (secondary N) is 1. The zero-order chi connectivity index (χ0) is 11.0. The molecule has 86 valence electrons. The first-order valence-electron chi connectivity index (χ1n) is 6.43. The third-order valence-electron chi connectivity index (χ3n) is 3.96. The molecule has 0 aromatic heterocycles. The fourth-order valence-electron chi connectivity index (χ4n) is 3.23. The van der Waals surface area contributed by atoms with Crippen LogP contribution in [-0.2, 0) is 6.42 Å². The Morgan fingerprint density at radius 3 is 2.75 bits per heavy atom. The van der Waals surface area contributed by atoms with Crippen molar-refractivity contribution in [2.24, 2.45) is 0 Å². The second-order valence-electron chi connectivity index (χ2n) is 5.07. The van der Waals surface area contributed by atoms with E-state index in [9.17, 15) is 0 Å². The van der Waals surface area contributed by atoms with Crippen LogP contribution in [-0.4, -0.2) is 25.2 Å². The zero-order valence-corrected chi connectivity index (χ0v) is 9.95. The Balaban J connectivity index is 1.89. The average Bonchev–Trinajstić information content (AvgIpc) is 2.66. The molecule has 2 heterocycles. The smallest absolute Gasteiger partial charge is 0.0404 e. The molecule has 2 heteroatoms. The third kappa shape index (κ3) is 1.61. The maximum atomic E-state index is 3.45. The summed E-state index contributed by atoms with van der Waals surface area (Å²) >= 11 is 0. The molecule has 2 nitrogen and oxygen atoms in total. The Hall–Kier alpha value is -1.02. The number of anilines is 1. The molecule has 1 fully saturated rings. The van der Waals surface area contributed by atoms with Crippen molar-refractivity contribution in [2.75, 3.05) is 18.0 Å². The molecule has 1 saturated heterocycles. The molecule has 3 rings (SSSR count). The summed E-state index contributed by atoms with van der Waals surface area (Å²) < 4.78 is 0. The Morgan fingerprint density at radius 2 is 1.94 bits per heavy atom. The lowest BCUT2D eigenvalue weighted by Gasteiger charge is -2.37. The van der Waals surface area contributed by atoms with Gasteiger partial charge in [0.1, 0.15) is 0 Å². The minimum Gasteiger partial charge on any atom is -0.365 e. The molecule has 2 aliphatic heterocycles. The van der Waals surface area contributed by atoms with Crippen LogP contribution in [0.25, 0.3) is 0 Å². The first-order valence-corrected chi connectivity index (χ1v) is 6.43. The molecule has 2 aliphatic rings. The van der Waals surface area contributed by atoms with Gasteiger partial charge in [0.05, 0.1) is 0 Å². The number of rotatable bonds is 1. The van der Waals surface area contributed by atoms with Crippen molar-refractivity contribution in [1.29, 1.82) is 0 Å². The zero-order valence-electron chi connectivity index (χ0n) is 9.95. The first-order chi connectivity index (χ1) is 7.86. The highest BCUT2D eigenvalue weighted by Crippen LogP contribution is 2.35. The SMILES string of the molecule is C[C@H]1Cc2ccccc2N1C1CCNCC1. The quantitative estimate of drug-likeness (QED) is 0.774. The molecule has 0 unspecified atom stereocenters. The van der Waals surface area contributed by atoms with Gasteiger partial charge in [-0.15, -0.1) is 0 Å². The number of hydrogen-bond donors (Lipinski definition) is 1. The lowest BCUT2D eigenvalue weighted by molar-refractivity contribution is 0.414. The Bertz CT molecular complexity index is 369. The molecule has 1 aromatic carbocycles. The highest BCUT2D eigenvalue weighted by Gasteiger charge is 2.31. The lowest BCUT2D eigenvalue weighted by Crippen LogP contribution is -2.45. The van der Waals surface area contributed by atoms with E-state index in [0.717, 1.165) is 6.04 Å². The van der Waals surface area contributed by atoms with Gasteiger partial charge in [-0.2, -0.15) is 0 Å². The van der Waals surface area contributed by atoms with E-state index in [0.29, 0.717) is 6.04 Å². The molecule has 0 spiro atoms. The fourth-order valence-corrected chi connectivity index (χ4v) is 3.23. The second kappa shape index (κ2) is 4.10. The van der Waals surface area contributed by atoms with Crippen LogP contribution in [0, 0.1) is 0 Å². The summed E-state index contributed by atoms with van der Waals surface area (Å²) in [4.78, 5) is 2.66. The van der Waals surface area contributed by atoms with Crippen LogP contribution in [0.2, 0.25) is 0 Å². The summed E-state index contributed by atoms with van der Waals surface area (Å²) in [6, 6.07) is 10.3. The van der Waals surface area contributed by atoms with Gasteiger partial charge in [0.2, 0.25) is 0 Å². The van der Waals surface area contributed by atoms with E-state index in [1.54, 1.807) is 0 Å². The topological polar surface area (TPSA) is 15.3 Å². The van der Waals surface area contributed by atoms with Crippen LogP contribution >= 0.6 is 0 Å². The van der Waals surface area contributed by atoms with Crippen molar-refractivity contribution < 1.29 is 0 Å². The molecule has 1 N–H and O–H groups in total. The highest BCUT2D eigenvalue weighted by atomic mass is 15.2. The van der Waals surface area contributed by atoms with Crippen LogP contribution in [0.15, 0.2) is 24.3 Å². The van der Waals surface area contributed by atoms with Crippen LogP contribution < -0.4 is 10.2 Å². The van der Waals surface area contributed by atoms with Gasteiger partial charge >= 0.3 is 0 Å². The largest absolute Gasteiger partial charge is 0.365 e. The van der Waals surface area contributed by atoms with Crippen molar-refractivity contribution in [1.82, 2.24) is 5.32 Å². The molecular formula is C14H20N2. The fraction of sp³-hybridized carbons (Fsp3) is 0.571. The van der Waals surface area contributed by atoms with Gasteiger partial charge in [-0.05, 0) is 50.9 Å². The van der Waals surface area contributed by atoms with E-state index >= 15 is 0 Å². The van der Waals surface area contributed by atoms with E-state index in [1.807, 2.05) is 0 Å². The maximum absolute atomic E-state index is 3.45. The molecule has 0 radical (unpaired) electrons. The van der Waals surface area contributed by atoms with E-state index in [1.165, 1.54) is 43.6 Å². The van der Waals surface area contributed by atoms with Gasteiger partial charge in [-0.3, -0.25) is 0 Å². The summed E-state index contributed by atoms with van der Waals surface area (Å²) in [5.74, 6) is 0. The Labute approximate surface area is 97.6 Å². The minimum absolute atomic E-state index is 0.681. The highest BCUT2D eigenvalue weighted by molar-refractivity contribution is 5.60. The van der Waals surface area contributed by atoms with Crippen molar-refractivity contribution in [3.05, 3.63) is 29.8 Å². The van der Waals surface area contributed by atoms with Crippen molar-refractivity contribution >= 4 is 5.69 Å². The maximum Gasteiger partial charge on any atom is 0.0404 e. The number of benzene rings is 1.